The van der Waals surface area contributed by atoms with Gasteiger partial charge in [0.15, 0.2) is 0 Å². The number of hydrogen-bond acceptors (Lipinski definition) is 4. The molecule has 1 N–H and O–H groups in total. The van der Waals surface area contributed by atoms with E-state index in [2.05, 4.69) is 5.32 Å². The molecule has 21 heavy (non-hydrogen) atoms. The number of nitrogens with one attached hydrogen (secondary N) is 1. The standard InChI is InChI=1S/C14H11ClN2O3S/c15-12-4-2-1-3-10(12)9-16-13(18)7-5-11-6-8-14(21-11)17(19)20/h1-8H,9H2,(H,16,18)/b7-5+. The van der Waals surface area contributed by atoms with Gasteiger partial charge in [-0.1, -0.05) is 41.1 Å². The molecule has 1 amide bonds. The molecular weight excluding hydrogens is 312 g/mol. The van der Waals surface area contributed by atoms with Crippen LogP contribution >= 0.6 is 22.9 Å². The smallest absolute Gasteiger partial charge is 0.324 e. The van der Waals surface area contributed by atoms with Crippen LogP contribution < -0.4 is 5.32 Å². The molecule has 5 nitrogen and oxygen atoms in total. The van der Waals surface area contributed by atoms with Crippen LogP contribution in [0.25, 0.3) is 6.08 Å². The van der Waals surface area contributed by atoms with Gasteiger partial charge < -0.3 is 5.32 Å². The predicted molar refractivity (Wildman–Crippen MR) is 83.3 cm³/mol. The molecule has 0 atom stereocenters. The summed E-state index contributed by atoms with van der Waals surface area (Å²) in [6.07, 6.45) is 2.88. The summed E-state index contributed by atoms with van der Waals surface area (Å²) in [6, 6.07) is 10.2. The second-order valence-electron chi connectivity index (χ2n) is 4.08. The number of halogens is 1. The highest BCUT2D eigenvalue weighted by Crippen LogP contribution is 2.24. The maximum absolute atomic E-state index is 11.7. The van der Waals surface area contributed by atoms with Gasteiger partial charge >= 0.3 is 5.00 Å². The van der Waals surface area contributed by atoms with Gasteiger partial charge in [-0.15, -0.1) is 0 Å². The lowest BCUT2D eigenvalue weighted by Gasteiger charge is -2.04. The van der Waals surface area contributed by atoms with Gasteiger partial charge in [-0.2, -0.15) is 0 Å². The SMILES string of the molecule is O=C(/C=C/c1ccc([N+](=O)[O-])s1)NCc1ccccc1Cl. The second-order valence-corrected chi connectivity index (χ2v) is 5.58. The summed E-state index contributed by atoms with van der Waals surface area (Å²) in [4.78, 5) is 22.4. The number of thiophene rings is 1. The molecule has 0 aliphatic rings. The second kappa shape index (κ2) is 7.01. The van der Waals surface area contributed by atoms with Crippen LogP contribution in [0.4, 0.5) is 5.00 Å². The Kier molecular flexibility index (Phi) is 5.08. The molecule has 0 spiro atoms. The Morgan fingerprint density at radius 3 is 2.76 bits per heavy atom. The zero-order chi connectivity index (χ0) is 15.2. The van der Waals surface area contributed by atoms with Gasteiger partial charge in [0, 0.05) is 28.6 Å². The minimum absolute atomic E-state index is 0.0473. The molecular formula is C14H11ClN2O3S. The highest BCUT2D eigenvalue weighted by Gasteiger charge is 2.08. The van der Waals surface area contributed by atoms with Crippen LogP contribution in [0.5, 0.6) is 0 Å². The van der Waals surface area contributed by atoms with Crippen molar-refractivity contribution in [3.05, 3.63) is 68.1 Å². The Balaban J connectivity index is 1.90. The molecule has 2 rings (SSSR count). The molecule has 2 aromatic rings. The molecule has 0 bridgehead atoms. The maximum atomic E-state index is 11.7. The van der Waals surface area contributed by atoms with E-state index in [1.165, 1.54) is 12.1 Å². The van der Waals surface area contributed by atoms with Crippen molar-refractivity contribution in [2.24, 2.45) is 0 Å². The van der Waals surface area contributed by atoms with Gasteiger partial charge in [0.2, 0.25) is 5.91 Å². The summed E-state index contributed by atoms with van der Waals surface area (Å²) in [5, 5.41) is 13.9. The quantitative estimate of drug-likeness (QED) is 0.519. The van der Waals surface area contributed by atoms with Crippen molar-refractivity contribution in [3.8, 4) is 0 Å². The Labute approximate surface area is 130 Å². The average molecular weight is 323 g/mol. The number of benzene rings is 1. The van der Waals surface area contributed by atoms with Crippen molar-refractivity contribution in [3.63, 3.8) is 0 Å². The van der Waals surface area contributed by atoms with E-state index in [4.69, 9.17) is 11.6 Å². The monoisotopic (exact) mass is 322 g/mol. The molecule has 1 aromatic carbocycles. The van der Waals surface area contributed by atoms with Crippen molar-refractivity contribution in [1.29, 1.82) is 0 Å². The van der Waals surface area contributed by atoms with Gasteiger partial charge in [0.25, 0.3) is 0 Å². The topological polar surface area (TPSA) is 72.2 Å². The average Bonchev–Trinajstić information content (AvgIpc) is 2.93. The third kappa shape index (κ3) is 4.40. The van der Waals surface area contributed by atoms with Crippen LogP contribution in [0.15, 0.2) is 42.5 Å². The van der Waals surface area contributed by atoms with Gasteiger partial charge in [-0.3, -0.25) is 14.9 Å². The van der Waals surface area contributed by atoms with E-state index in [0.717, 1.165) is 16.9 Å². The Morgan fingerprint density at radius 2 is 2.10 bits per heavy atom. The number of rotatable bonds is 5. The van der Waals surface area contributed by atoms with Gasteiger partial charge in [-0.25, -0.2) is 0 Å². The molecule has 0 saturated heterocycles. The lowest BCUT2D eigenvalue weighted by Crippen LogP contribution is -2.20. The minimum atomic E-state index is -0.459. The van der Waals surface area contributed by atoms with Crippen molar-refractivity contribution < 1.29 is 9.72 Å². The molecule has 0 fully saturated rings. The number of nitrogens with zero attached hydrogens (tertiary/aromatic N) is 1. The lowest BCUT2D eigenvalue weighted by atomic mass is 10.2. The first-order chi connectivity index (χ1) is 10.1. The third-order valence-electron chi connectivity index (χ3n) is 2.60. The molecule has 0 unspecified atom stereocenters. The zero-order valence-corrected chi connectivity index (χ0v) is 12.4. The third-order valence-corrected chi connectivity index (χ3v) is 3.97. The predicted octanol–water partition coefficient (Wildman–Crippen LogP) is 3.64. The molecule has 0 aliphatic carbocycles. The highest BCUT2D eigenvalue weighted by atomic mass is 35.5. The number of nitro groups is 1. The van der Waals surface area contributed by atoms with Crippen molar-refractivity contribution >= 4 is 39.9 Å². The summed E-state index contributed by atoms with van der Waals surface area (Å²) in [7, 11) is 0. The molecule has 1 aromatic heterocycles. The Morgan fingerprint density at radius 1 is 1.33 bits per heavy atom. The van der Waals surface area contributed by atoms with Crippen LogP contribution in [-0.4, -0.2) is 10.8 Å². The van der Waals surface area contributed by atoms with Crippen molar-refractivity contribution in [2.75, 3.05) is 0 Å². The normalized spacial score (nSPS) is 10.7. The van der Waals surface area contributed by atoms with Crippen LogP contribution in [0, 0.1) is 10.1 Å². The molecule has 1 heterocycles. The molecule has 0 saturated carbocycles. The largest absolute Gasteiger partial charge is 0.348 e. The van der Waals surface area contributed by atoms with Crippen LogP contribution in [0.2, 0.25) is 5.02 Å². The number of amides is 1. The van der Waals surface area contributed by atoms with Crippen LogP contribution in [0.1, 0.15) is 10.4 Å². The fourth-order valence-corrected chi connectivity index (χ4v) is 2.50. The van der Waals surface area contributed by atoms with E-state index in [0.29, 0.717) is 16.4 Å². The van der Waals surface area contributed by atoms with E-state index >= 15 is 0 Å². The fourth-order valence-electron chi connectivity index (χ4n) is 1.57. The van der Waals surface area contributed by atoms with E-state index in [9.17, 15) is 14.9 Å². The van der Waals surface area contributed by atoms with Gasteiger partial charge in [-0.05, 0) is 23.8 Å². The molecule has 108 valence electrons. The highest BCUT2D eigenvalue weighted by molar-refractivity contribution is 7.16. The first-order valence-corrected chi connectivity index (χ1v) is 7.19. The van der Waals surface area contributed by atoms with E-state index in [-0.39, 0.29) is 10.9 Å². The minimum Gasteiger partial charge on any atom is -0.348 e. The summed E-state index contributed by atoms with van der Waals surface area (Å²) in [5.41, 5.74) is 0.827. The molecule has 0 aliphatic heterocycles. The molecule has 0 radical (unpaired) electrons. The van der Waals surface area contributed by atoms with E-state index < -0.39 is 4.92 Å². The maximum Gasteiger partial charge on any atom is 0.324 e. The van der Waals surface area contributed by atoms with E-state index in [1.54, 1.807) is 18.2 Å². The molecule has 7 heteroatoms. The van der Waals surface area contributed by atoms with Gasteiger partial charge in [0.05, 0.1) is 4.92 Å². The number of carbonyl (C=O) groups excluding carboxylic acids is 1. The van der Waals surface area contributed by atoms with Crippen molar-refractivity contribution in [2.45, 2.75) is 6.54 Å². The van der Waals surface area contributed by atoms with Crippen LogP contribution in [-0.2, 0) is 11.3 Å². The fraction of sp³-hybridized carbons (Fsp3) is 0.0714. The Hall–Kier alpha value is -2.18. The summed E-state index contributed by atoms with van der Waals surface area (Å²) < 4.78 is 0. The lowest BCUT2D eigenvalue weighted by molar-refractivity contribution is -0.380. The first kappa shape index (κ1) is 15.2. The summed E-state index contributed by atoms with van der Waals surface area (Å²) in [5.74, 6) is -0.286. The summed E-state index contributed by atoms with van der Waals surface area (Å²) >= 11 is 6.99. The zero-order valence-electron chi connectivity index (χ0n) is 10.8. The Bertz CT molecular complexity index is 697. The number of carbonyl (C=O) groups is 1. The van der Waals surface area contributed by atoms with E-state index in [1.807, 2.05) is 18.2 Å². The van der Waals surface area contributed by atoms with Crippen molar-refractivity contribution in [1.82, 2.24) is 5.32 Å². The first-order valence-electron chi connectivity index (χ1n) is 6.00. The van der Waals surface area contributed by atoms with Gasteiger partial charge in [0.1, 0.15) is 0 Å². The van der Waals surface area contributed by atoms with Crippen LogP contribution in [0.3, 0.4) is 0 Å². The number of hydrogen-bond donors (Lipinski definition) is 1. The summed E-state index contributed by atoms with van der Waals surface area (Å²) in [6.45, 7) is 0.327.